The van der Waals surface area contributed by atoms with Gasteiger partial charge in [0, 0.05) is 13.1 Å². The Balaban J connectivity index is 1.45. The van der Waals surface area contributed by atoms with E-state index in [0.29, 0.717) is 24.0 Å². The molecule has 2 aromatic carbocycles. The fourth-order valence-corrected chi connectivity index (χ4v) is 4.96. The molecule has 0 saturated carbocycles. The third-order valence-corrected chi connectivity index (χ3v) is 7.01. The highest BCUT2D eigenvalue weighted by molar-refractivity contribution is 7.89. The fraction of sp³-hybridized carbons (Fsp3) is 0.478. The van der Waals surface area contributed by atoms with E-state index >= 15 is 0 Å². The van der Waals surface area contributed by atoms with E-state index < -0.39 is 10.0 Å². The summed E-state index contributed by atoms with van der Waals surface area (Å²) < 4.78 is 33.6. The van der Waals surface area contributed by atoms with Crippen molar-refractivity contribution in [2.45, 2.75) is 38.0 Å². The lowest BCUT2D eigenvalue weighted by Gasteiger charge is -2.32. The molecule has 0 radical (unpaired) electrons. The number of hydrogen-bond acceptors (Lipinski definition) is 4. The van der Waals surface area contributed by atoms with Gasteiger partial charge in [-0.15, -0.1) is 0 Å². The van der Waals surface area contributed by atoms with Crippen LogP contribution in [0.5, 0.6) is 5.75 Å². The zero-order valence-electron chi connectivity index (χ0n) is 17.4. The largest absolute Gasteiger partial charge is 0.494 e. The van der Waals surface area contributed by atoms with Gasteiger partial charge in [-0.25, -0.2) is 13.1 Å². The van der Waals surface area contributed by atoms with Crippen LogP contribution >= 0.6 is 0 Å². The Labute approximate surface area is 175 Å². The standard InChI is InChI=1S/C23H32N2O3S/c1-3-28-23-10-9-22(17-19(23)2)29(26,27)24-18-21-12-15-25(16-13-21)14-11-20-7-5-4-6-8-20/h4-10,17,21,24H,3,11-16,18H2,1-2H3. The van der Waals surface area contributed by atoms with Crippen LogP contribution in [0.4, 0.5) is 0 Å². The second-order valence-electron chi connectivity index (χ2n) is 7.73. The molecule has 0 bridgehead atoms. The monoisotopic (exact) mass is 416 g/mol. The zero-order valence-corrected chi connectivity index (χ0v) is 18.2. The Bertz CT molecular complexity index is 876. The van der Waals surface area contributed by atoms with E-state index in [4.69, 9.17) is 4.74 Å². The van der Waals surface area contributed by atoms with Crippen LogP contribution in [0.25, 0.3) is 0 Å². The van der Waals surface area contributed by atoms with E-state index in [1.807, 2.05) is 19.9 Å². The van der Waals surface area contributed by atoms with Crippen LogP contribution in [0.1, 0.15) is 30.9 Å². The summed E-state index contributed by atoms with van der Waals surface area (Å²) in [5.41, 5.74) is 2.20. The number of hydrogen-bond donors (Lipinski definition) is 1. The van der Waals surface area contributed by atoms with Gasteiger partial charge in [0.25, 0.3) is 0 Å². The van der Waals surface area contributed by atoms with Gasteiger partial charge in [-0.1, -0.05) is 30.3 Å². The summed E-state index contributed by atoms with van der Waals surface area (Å²) in [6.45, 7) is 7.97. The van der Waals surface area contributed by atoms with Gasteiger partial charge < -0.3 is 9.64 Å². The molecule has 1 aliphatic rings. The van der Waals surface area contributed by atoms with Crippen LogP contribution in [-0.2, 0) is 16.4 Å². The van der Waals surface area contributed by atoms with Crippen LogP contribution in [0.15, 0.2) is 53.4 Å². The Kier molecular flexibility index (Phi) is 7.70. The maximum Gasteiger partial charge on any atom is 0.240 e. The van der Waals surface area contributed by atoms with Gasteiger partial charge in [0.05, 0.1) is 11.5 Å². The highest BCUT2D eigenvalue weighted by atomic mass is 32.2. The molecule has 1 saturated heterocycles. The van der Waals surface area contributed by atoms with Crippen molar-refractivity contribution >= 4 is 10.0 Å². The number of nitrogens with one attached hydrogen (secondary N) is 1. The number of rotatable bonds is 9. The molecule has 0 aliphatic carbocycles. The van der Waals surface area contributed by atoms with Crippen LogP contribution in [-0.4, -0.2) is 46.1 Å². The summed E-state index contributed by atoms with van der Waals surface area (Å²) in [5, 5.41) is 0. The molecule has 0 atom stereocenters. The number of nitrogens with zero attached hydrogens (tertiary/aromatic N) is 1. The third-order valence-electron chi connectivity index (χ3n) is 5.59. The Hall–Kier alpha value is -1.89. The molecule has 3 rings (SSSR count). The van der Waals surface area contributed by atoms with Gasteiger partial charge in [-0.05, 0) is 81.4 Å². The van der Waals surface area contributed by atoms with Gasteiger partial charge >= 0.3 is 0 Å². The van der Waals surface area contributed by atoms with Gasteiger partial charge in [0.15, 0.2) is 0 Å². The Morgan fingerprint density at radius 2 is 1.83 bits per heavy atom. The number of aryl methyl sites for hydroxylation is 1. The number of sulfonamides is 1. The third kappa shape index (κ3) is 6.29. The fourth-order valence-electron chi connectivity index (χ4n) is 3.76. The maximum absolute atomic E-state index is 12.7. The van der Waals surface area contributed by atoms with Crippen molar-refractivity contribution in [3.63, 3.8) is 0 Å². The highest BCUT2D eigenvalue weighted by Crippen LogP contribution is 2.22. The first-order valence-electron chi connectivity index (χ1n) is 10.5. The average Bonchev–Trinajstić information content (AvgIpc) is 2.74. The molecule has 29 heavy (non-hydrogen) atoms. The van der Waals surface area contributed by atoms with E-state index in [9.17, 15) is 8.42 Å². The quantitative estimate of drug-likeness (QED) is 0.678. The molecule has 1 heterocycles. The van der Waals surface area contributed by atoms with Crippen molar-refractivity contribution < 1.29 is 13.2 Å². The van der Waals surface area contributed by atoms with E-state index in [1.165, 1.54) is 5.56 Å². The summed E-state index contributed by atoms with van der Waals surface area (Å²) in [7, 11) is -3.49. The number of benzene rings is 2. The second kappa shape index (κ2) is 10.2. The van der Waals surface area contributed by atoms with Crippen molar-refractivity contribution in [2.75, 3.05) is 32.8 Å². The first-order valence-corrected chi connectivity index (χ1v) is 12.0. The second-order valence-corrected chi connectivity index (χ2v) is 9.50. The van der Waals surface area contributed by atoms with Gasteiger partial charge in [-0.3, -0.25) is 0 Å². The summed E-state index contributed by atoms with van der Waals surface area (Å²) in [6, 6.07) is 15.6. The number of piperidine rings is 1. The summed E-state index contributed by atoms with van der Waals surface area (Å²) in [6.07, 6.45) is 3.12. The first kappa shape index (κ1) is 21.8. The molecule has 1 aliphatic heterocycles. The summed E-state index contributed by atoms with van der Waals surface area (Å²) in [4.78, 5) is 2.78. The van der Waals surface area contributed by atoms with Gasteiger partial charge in [0.1, 0.15) is 5.75 Å². The molecule has 5 nitrogen and oxygen atoms in total. The lowest BCUT2D eigenvalue weighted by molar-refractivity contribution is 0.187. The topological polar surface area (TPSA) is 58.6 Å². The normalized spacial score (nSPS) is 16.1. The van der Waals surface area contributed by atoms with E-state index in [0.717, 1.165) is 50.2 Å². The van der Waals surface area contributed by atoms with Crippen molar-refractivity contribution in [3.8, 4) is 5.75 Å². The van der Waals surface area contributed by atoms with Gasteiger partial charge in [-0.2, -0.15) is 0 Å². The first-order chi connectivity index (χ1) is 14.0. The van der Waals surface area contributed by atoms with Gasteiger partial charge in [0.2, 0.25) is 10.0 Å². The number of ether oxygens (including phenoxy) is 1. The van der Waals surface area contributed by atoms with Crippen molar-refractivity contribution in [1.82, 2.24) is 9.62 Å². The number of likely N-dealkylation sites (tertiary alicyclic amines) is 1. The molecule has 158 valence electrons. The van der Waals surface area contributed by atoms with E-state index in [2.05, 4.69) is 33.9 Å². The van der Waals surface area contributed by atoms with Crippen LogP contribution in [0, 0.1) is 12.8 Å². The smallest absolute Gasteiger partial charge is 0.240 e. The molecule has 0 aromatic heterocycles. The predicted molar refractivity (Wildman–Crippen MR) is 117 cm³/mol. The molecule has 0 spiro atoms. The van der Waals surface area contributed by atoms with Crippen molar-refractivity contribution in [3.05, 3.63) is 59.7 Å². The minimum atomic E-state index is -3.49. The molecule has 0 amide bonds. The van der Waals surface area contributed by atoms with Crippen LogP contribution in [0.3, 0.4) is 0 Å². The Morgan fingerprint density at radius 1 is 1.10 bits per heavy atom. The predicted octanol–water partition coefficient (Wildman–Crippen LogP) is 3.63. The van der Waals surface area contributed by atoms with E-state index in [1.54, 1.807) is 18.2 Å². The molecule has 1 fully saturated rings. The minimum absolute atomic E-state index is 0.304. The average molecular weight is 417 g/mol. The van der Waals surface area contributed by atoms with Crippen molar-refractivity contribution in [1.29, 1.82) is 0 Å². The lowest BCUT2D eigenvalue weighted by Crippen LogP contribution is -2.39. The summed E-state index contributed by atoms with van der Waals surface area (Å²) >= 11 is 0. The van der Waals surface area contributed by atoms with E-state index in [-0.39, 0.29) is 0 Å². The van der Waals surface area contributed by atoms with Crippen molar-refractivity contribution in [2.24, 2.45) is 5.92 Å². The van der Waals surface area contributed by atoms with Crippen LogP contribution in [0.2, 0.25) is 0 Å². The van der Waals surface area contributed by atoms with Crippen LogP contribution < -0.4 is 9.46 Å². The molecular weight excluding hydrogens is 384 g/mol. The molecular formula is C23H32N2O3S. The zero-order chi connectivity index (χ0) is 20.7. The maximum atomic E-state index is 12.7. The molecule has 1 N–H and O–H groups in total. The Morgan fingerprint density at radius 3 is 2.48 bits per heavy atom. The molecule has 6 heteroatoms. The minimum Gasteiger partial charge on any atom is -0.494 e. The molecule has 2 aromatic rings. The summed E-state index contributed by atoms with van der Waals surface area (Å²) in [5.74, 6) is 1.12. The SMILES string of the molecule is CCOc1ccc(S(=O)(=O)NCC2CCN(CCc3ccccc3)CC2)cc1C. The molecule has 0 unspecified atom stereocenters. The highest BCUT2D eigenvalue weighted by Gasteiger charge is 2.22. The lowest BCUT2D eigenvalue weighted by atomic mass is 9.97.